The fourth-order valence-electron chi connectivity index (χ4n) is 4.48. The summed E-state index contributed by atoms with van der Waals surface area (Å²) in [4.78, 5) is 0.156. The molecule has 1 aliphatic rings. The van der Waals surface area contributed by atoms with Crippen LogP contribution in [0, 0.1) is 0 Å². The molecule has 0 atom stereocenters. The number of hydrogen-bond donors (Lipinski definition) is 0. The minimum Gasteiger partial charge on any atom is -0.468 e. The van der Waals surface area contributed by atoms with E-state index in [9.17, 15) is 16.8 Å². The smallest absolute Gasteiger partial charge is 0.243 e. The summed E-state index contributed by atoms with van der Waals surface area (Å²) in [5.74, 6) is 0.523. The molecule has 1 fully saturated rings. The summed E-state index contributed by atoms with van der Waals surface area (Å²) in [7, 11) is -7.61. The van der Waals surface area contributed by atoms with Crippen molar-refractivity contribution in [1.29, 1.82) is 0 Å². The lowest BCUT2D eigenvalue weighted by Gasteiger charge is -2.23. The molecule has 1 aromatic heterocycles. The zero-order chi connectivity index (χ0) is 26.7. The van der Waals surface area contributed by atoms with Gasteiger partial charge in [-0.1, -0.05) is 57.9 Å². The highest BCUT2D eigenvalue weighted by atomic mass is 32.2. The van der Waals surface area contributed by atoms with Crippen molar-refractivity contribution in [2.75, 3.05) is 13.1 Å². The molecule has 0 bridgehead atoms. The van der Waals surface area contributed by atoms with Crippen LogP contribution < -0.4 is 0 Å². The second-order valence-electron chi connectivity index (χ2n) is 10.6. The van der Waals surface area contributed by atoms with Crippen molar-refractivity contribution >= 4 is 20.0 Å². The maximum Gasteiger partial charge on any atom is 0.243 e. The van der Waals surface area contributed by atoms with Crippen LogP contribution >= 0.6 is 0 Å². The van der Waals surface area contributed by atoms with Crippen molar-refractivity contribution in [2.24, 2.45) is 0 Å². The molecule has 0 spiro atoms. The van der Waals surface area contributed by atoms with E-state index in [1.165, 1.54) is 39.1 Å². The van der Waals surface area contributed by atoms with E-state index in [-0.39, 0.29) is 28.3 Å². The van der Waals surface area contributed by atoms with Crippen LogP contribution in [0.4, 0.5) is 0 Å². The number of rotatable bonds is 8. The molecule has 4 rings (SSSR count). The van der Waals surface area contributed by atoms with Crippen molar-refractivity contribution in [1.82, 2.24) is 8.61 Å². The average molecular weight is 545 g/mol. The third kappa shape index (κ3) is 6.52. The van der Waals surface area contributed by atoms with Crippen molar-refractivity contribution in [3.05, 3.63) is 83.8 Å². The summed E-state index contributed by atoms with van der Waals surface area (Å²) in [6.45, 7) is 7.59. The first-order valence-corrected chi connectivity index (χ1v) is 15.6. The summed E-state index contributed by atoms with van der Waals surface area (Å²) in [5.41, 5.74) is 2.01. The van der Waals surface area contributed by atoms with Crippen molar-refractivity contribution < 1.29 is 21.3 Å². The second kappa shape index (κ2) is 11.1. The third-order valence-corrected chi connectivity index (χ3v) is 10.5. The quantitative estimate of drug-likeness (QED) is 0.372. The van der Waals surface area contributed by atoms with Gasteiger partial charge in [0.25, 0.3) is 0 Å². The molecule has 2 aromatic carbocycles. The lowest BCUT2D eigenvalue weighted by molar-refractivity contribution is 0.358. The molecule has 2 heterocycles. The normalized spacial score (nSPS) is 16.1. The van der Waals surface area contributed by atoms with Gasteiger partial charge in [-0.25, -0.2) is 16.8 Å². The summed E-state index contributed by atoms with van der Waals surface area (Å²) >= 11 is 0. The molecule has 0 radical (unpaired) electrons. The van der Waals surface area contributed by atoms with Crippen LogP contribution in [0.2, 0.25) is 0 Å². The molecule has 0 N–H and O–H groups in total. The van der Waals surface area contributed by atoms with Crippen molar-refractivity contribution in [3.8, 4) is 0 Å². The Balaban J connectivity index is 1.60. The highest BCUT2D eigenvalue weighted by molar-refractivity contribution is 7.89. The zero-order valence-electron chi connectivity index (χ0n) is 21.8. The molecule has 1 saturated heterocycles. The Morgan fingerprint density at radius 1 is 0.784 bits per heavy atom. The predicted molar refractivity (Wildman–Crippen MR) is 144 cm³/mol. The first kappa shape index (κ1) is 27.6. The van der Waals surface area contributed by atoms with Crippen LogP contribution in [0.3, 0.4) is 0 Å². The molecule has 0 aliphatic carbocycles. The minimum absolute atomic E-state index is 0.00608. The first-order valence-electron chi connectivity index (χ1n) is 12.7. The topological polar surface area (TPSA) is 87.9 Å². The summed E-state index contributed by atoms with van der Waals surface area (Å²) < 4.78 is 62.0. The maximum absolute atomic E-state index is 13.7. The fraction of sp³-hybridized carbons (Fsp3) is 0.429. The molecule has 1 aliphatic heterocycles. The van der Waals surface area contributed by atoms with Crippen LogP contribution in [0.1, 0.15) is 63.3 Å². The van der Waals surface area contributed by atoms with Crippen LogP contribution in [-0.4, -0.2) is 38.5 Å². The van der Waals surface area contributed by atoms with E-state index in [0.717, 1.165) is 36.8 Å². The third-order valence-electron chi connectivity index (χ3n) is 6.76. The van der Waals surface area contributed by atoms with Gasteiger partial charge in [0.1, 0.15) is 5.76 Å². The molecule has 0 unspecified atom stereocenters. The van der Waals surface area contributed by atoms with Crippen molar-refractivity contribution in [2.45, 2.75) is 74.7 Å². The first-order chi connectivity index (χ1) is 17.5. The number of furan rings is 1. The summed E-state index contributed by atoms with van der Waals surface area (Å²) in [6, 6.07) is 17.0. The van der Waals surface area contributed by atoms with Gasteiger partial charge in [-0.05, 0) is 65.8 Å². The summed E-state index contributed by atoms with van der Waals surface area (Å²) in [6.07, 6.45) is 5.23. The van der Waals surface area contributed by atoms with E-state index < -0.39 is 20.0 Å². The highest BCUT2D eigenvalue weighted by Crippen LogP contribution is 2.27. The van der Waals surface area contributed by atoms with Gasteiger partial charge in [0.05, 0.1) is 22.6 Å². The Bertz CT molecular complexity index is 1370. The number of sulfonamides is 2. The van der Waals surface area contributed by atoms with Crippen molar-refractivity contribution in [3.63, 3.8) is 0 Å². The molecule has 0 amide bonds. The molecule has 37 heavy (non-hydrogen) atoms. The Labute approximate surface area is 221 Å². The van der Waals surface area contributed by atoms with E-state index in [1.807, 2.05) is 24.3 Å². The molecule has 3 aromatic rings. The largest absolute Gasteiger partial charge is 0.468 e. The van der Waals surface area contributed by atoms with E-state index >= 15 is 0 Å². The van der Waals surface area contributed by atoms with Gasteiger partial charge in [0.2, 0.25) is 20.0 Å². The Hall–Kier alpha value is -2.46. The van der Waals surface area contributed by atoms with Gasteiger partial charge in [-0.2, -0.15) is 8.61 Å². The molecule has 200 valence electrons. The van der Waals surface area contributed by atoms with Gasteiger partial charge >= 0.3 is 0 Å². The minimum atomic E-state index is -3.94. The van der Waals surface area contributed by atoms with Gasteiger partial charge in [-0.15, -0.1) is 0 Å². The lowest BCUT2D eigenvalue weighted by Crippen LogP contribution is -2.32. The van der Waals surface area contributed by atoms with E-state index in [2.05, 4.69) is 20.8 Å². The molecule has 7 nitrogen and oxygen atoms in total. The van der Waals surface area contributed by atoms with Gasteiger partial charge < -0.3 is 4.42 Å². The summed E-state index contributed by atoms with van der Waals surface area (Å²) in [5, 5.41) is 0. The number of hydrogen-bond acceptors (Lipinski definition) is 5. The van der Waals surface area contributed by atoms with Crippen LogP contribution in [-0.2, 0) is 38.6 Å². The predicted octanol–water partition coefficient (Wildman–Crippen LogP) is 5.53. The van der Waals surface area contributed by atoms with E-state index in [1.54, 1.807) is 12.1 Å². The van der Waals surface area contributed by atoms with Gasteiger partial charge in [0, 0.05) is 19.6 Å². The Morgan fingerprint density at radius 2 is 1.38 bits per heavy atom. The molecular formula is C28H36N2O5S2. The van der Waals surface area contributed by atoms with Gasteiger partial charge in [-0.3, -0.25) is 0 Å². The van der Waals surface area contributed by atoms with E-state index in [0.29, 0.717) is 18.8 Å². The Morgan fingerprint density at radius 3 is 1.92 bits per heavy atom. The molecular weight excluding hydrogens is 508 g/mol. The average Bonchev–Trinajstić information content (AvgIpc) is 3.21. The fourth-order valence-corrected chi connectivity index (χ4v) is 7.39. The maximum atomic E-state index is 13.7. The standard InChI is InChI=1S/C28H36N2O5S2/c1-28(2,3)24-12-10-23(11-13-24)21-30(22-25-9-8-20-35-25)37(33,34)27-16-14-26(15-17-27)36(31,32)29-18-6-4-5-7-19-29/h8-17,20H,4-7,18-19,21-22H2,1-3H3. The SMILES string of the molecule is CC(C)(C)c1ccc(CN(Cc2ccco2)S(=O)(=O)c2ccc(S(=O)(=O)N3CCCCCC3)cc2)cc1. The Kier molecular flexibility index (Phi) is 8.28. The highest BCUT2D eigenvalue weighted by Gasteiger charge is 2.29. The van der Waals surface area contributed by atoms with Crippen LogP contribution in [0.25, 0.3) is 0 Å². The van der Waals surface area contributed by atoms with Crippen LogP contribution in [0.15, 0.2) is 81.1 Å². The monoisotopic (exact) mass is 544 g/mol. The zero-order valence-corrected chi connectivity index (χ0v) is 23.4. The van der Waals surface area contributed by atoms with Crippen LogP contribution in [0.5, 0.6) is 0 Å². The number of nitrogens with zero attached hydrogens (tertiary/aromatic N) is 2. The lowest BCUT2D eigenvalue weighted by atomic mass is 9.87. The van der Waals surface area contributed by atoms with Gasteiger partial charge in [0.15, 0.2) is 0 Å². The van der Waals surface area contributed by atoms with E-state index in [4.69, 9.17) is 4.42 Å². The molecule has 9 heteroatoms. The molecule has 0 saturated carbocycles. The number of benzene rings is 2. The second-order valence-corrected chi connectivity index (χ2v) is 14.5.